The van der Waals surface area contributed by atoms with Crippen molar-refractivity contribution in [2.45, 2.75) is 23.9 Å². The fourth-order valence-corrected chi connectivity index (χ4v) is 5.27. The van der Waals surface area contributed by atoms with Gasteiger partial charge in [0.2, 0.25) is 0 Å². The van der Waals surface area contributed by atoms with Gasteiger partial charge < -0.3 is 10.2 Å². The van der Waals surface area contributed by atoms with Gasteiger partial charge in [-0.05, 0) is 54.5 Å². The number of thioether (sulfide) groups is 1. The van der Waals surface area contributed by atoms with Gasteiger partial charge in [0.1, 0.15) is 10.7 Å². The maximum Gasteiger partial charge on any atom is 0.270 e. The predicted octanol–water partition coefficient (Wildman–Crippen LogP) is 2.84. The molecule has 2 aliphatic heterocycles. The van der Waals surface area contributed by atoms with Crippen molar-refractivity contribution in [2.75, 3.05) is 25.9 Å². The van der Waals surface area contributed by atoms with Gasteiger partial charge in [0.15, 0.2) is 0 Å². The Labute approximate surface area is 138 Å². The molecule has 3 atom stereocenters. The first-order valence-electron chi connectivity index (χ1n) is 7.68. The molecule has 2 aromatic rings. The number of aromatic nitrogens is 1. The van der Waals surface area contributed by atoms with Crippen molar-refractivity contribution < 1.29 is 4.79 Å². The molecule has 4 nitrogen and oxygen atoms in total. The molecular weight excluding hydrogens is 314 g/mol. The van der Waals surface area contributed by atoms with Crippen LogP contribution in [0.15, 0.2) is 22.5 Å². The Balaban J connectivity index is 1.55. The zero-order chi connectivity index (χ0) is 15.1. The first-order valence-corrected chi connectivity index (χ1v) is 9.79. The van der Waals surface area contributed by atoms with Crippen LogP contribution in [0.3, 0.4) is 0 Å². The highest BCUT2D eigenvalue weighted by atomic mass is 32.2. The summed E-state index contributed by atoms with van der Waals surface area (Å²) >= 11 is 3.28. The van der Waals surface area contributed by atoms with Crippen LogP contribution in [0.4, 0.5) is 0 Å². The molecule has 4 rings (SSSR count). The zero-order valence-corrected chi connectivity index (χ0v) is 14.2. The van der Waals surface area contributed by atoms with E-state index in [-0.39, 0.29) is 11.9 Å². The van der Waals surface area contributed by atoms with Crippen LogP contribution in [-0.4, -0.2) is 47.7 Å². The summed E-state index contributed by atoms with van der Waals surface area (Å²) in [6, 6.07) is 4.25. The van der Waals surface area contributed by atoms with Crippen molar-refractivity contribution >= 4 is 39.1 Å². The lowest BCUT2D eigenvalue weighted by molar-refractivity contribution is 0.0904. The molecule has 0 saturated carbocycles. The van der Waals surface area contributed by atoms with Crippen LogP contribution >= 0.6 is 23.1 Å². The minimum atomic E-state index is -0.0316. The van der Waals surface area contributed by atoms with E-state index in [1.807, 2.05) is 12.3 Å². The molecule has 0 spiro atoms. The summed E-state index contributed by atoms with van der Waals surface area (Å²) in [6.07, 6.45) is 4.40. The zero-order valence-electron chi connectivity index (χ0n) is 12.5. The number of amides is 1. The van der Waals surface area contributed by atoms with Crippen LogP contribution in [-0.2, 0) is 0 Å². The number of fused-ring (bicyclic) bond motifs is 3. The fourth-order valence-electron chi connectivity index (χ4n) is 3.62. The number of hydrogen-bond acceptors (Lipinski definition) is 5. The van der Waals surface area contributed by atoms with Crippen LogP contribution in [0, 0.1) is 5.92 Å². The number of hydrogen-bond donors (Lipinski definition) is 1. The first-order chi connectivity index (χ1) is 10.7. The van der Waals surface area contributed by atoms with Crippen molar-refractivity contribution in [1.82, 2.24) is 15.2 Å². The number of thiophene rings is 1. The Hall–Kier alpha value is -1.11. The standard InChI is InChI=1S/C16H19N3OS2/c1-21-16-14-11(3-5-22-14)7-13(18-16)15(20)17-12-6-10-2-4-19(8-10)9-12/h3,5,7,10,12H,2,4,6,8-9H2,1H3,(H,17,20). The van der Waals surface area contributed by atoms with E-state index in [1.54, 1.807) is 23.1 Å². The number of pyridine rings is 1. The van der Waals surface area contributed by atoms with Gasteiger partial charge >= 0.3 is 0 Å². The van der Waals surface area contributed by atoms with Gasteiger partial charge in [-0.2, -0.15) is 0 Å². The summed E-state index contributed by atoms with van der Waals surface area (Å²) in [6.45, 7) is 3.38. The van der Waals surface area contributed by atoms with Gasteiger partial charge in [0.25, 0.3) is 5.91 Å². The van der Waals surface area contributed by atoms with Crippen molar-refractivity contribution in [3.8, 4) is 0 Å². The Morgan fingerprint density at radius 1 is 1.50 bits per heavy atom. The van der Waals surface area contributed by atoms with Crippen molar-refractivity contribution in [1.29, 1.82) is 0 Å². The predicted molar refractivity (Wildman–Crippen MR) is 91.8 cm³/mol. The minimum absolute atomic E-state index is 0.0316. The van der Waals surface area contributed by atoms with Gasteiger partial charge in [-0.25, -0.2) is 4.98 Å². The van der Waals surface area contributed by atoms with Crippen LogP contribution in [0.2, 0.25) is 0 Å². The number of rotatable bonds is 3. The third-order valence-corrected chi connectivity index (χ3v) is 6.38. The van der Waals surface area contributed by atoms with Crippen LogP contribution in [0.25, 0.3) is 10.1 Å². The highest BCUT2D eigenvalue weighted by Crippen LogP contribution is 2.30. The van der Waals surface area contributed by atoms with E-state index >= 15 is 0 Å². The minimum Gasteiger partial charge on any atom is -0.347 e. The highest BCUT2D eigenvalue weighted by Gasteiger charge is 2.33. The fraction of sp³-hybridized carbons (Fsp3) is 0.500. The average Bonchev–Trinajstić information content (AvgIpc) is 3.12. The quantitative estimate of drug-likeness (QED) is 0.878. The summed E-state index contributed by atoms with van der Waals surface area (Å²) in [7, 11) is 0. The maximum atomic E-state index is 12.6. The van der Waals surface area contributed by atoms with Crippen molar-refractivity contribution in [3.05, 3.63) is 23.2 Å². The molecule has 0 aliphatic carbocycles. The monoisotopic (exact) mass is 333 g/mol. The summed E-state index contributed by atoms with van der Waals surface area (Å²) < 4.78 is 1.17. The molecule has 0 radical (unpaired) electrons. The topological polar surface area (TPSA) is 45.2 Å². The third kappa shape index (κ3) is 2.64. The molecule has 2 aliphatic rings. The molecule has 6 heteroatoms. The molecule has 1 amide bonds. The van der Waals surface area contributed by atoms with Gasteiger partial charge in [-0.15, -0.1) is 23.1 Å². The second-order valence-corrected chi connectivity index (χ2v) is 7.89. The second kappa shape index (κ2) is 5.83. The smallest absolute Gasteiger partial charge is 0.270 e. The van der Waals surface area contributed by atoms with Gasteiger partial charge in [0, 0.05) is 19.1 Å². The van der Waals surface area contributed by atoms with E-state index < -0.39 is 0 Å². The molecule has 1 N–H and O–H groups in total. The Morgan fingerprint density at radius 2 is 2.41 bits per heavy atom. The molecule has 2 aromatic heterocycles. The highest BCUT2D eigenvalue weighted by molar-refractivity contribution is 7.98. The molecular formula is C16H19N3OS2. The van der Waals surface area contributed by atoms with Gasteiger partial charge in [0.05, 0.1) is 4.70 Å². The molecule has 2 fully saturated rings. The number of carbonyl (C=O) groups excluding carboxylic acids is 1. The molecule has 116 valence electrons. The Kier molecular flexibility index (Phi) is 3.84. The normalized spacial score (nSPS) is 27.2. The molecule has 3 unspecified atom stereocenters. The molecule has 4 heterocycles. The van der Waals surface area contributed by atoms with E-state index in [9.17, 15) is 4.79 Å². The number of piperidine rings is 1. The lowest BCUT2D eigenvalue weighted by Gasteiger charge is -2.30. The Morgan fingerprint density at radius 3 is 3.23 bits per heavy atom. The second-order valence-electron chi connectivity index (χ2n) is 6.18. The van der Waals surface area contributed by atoms with E-state index in [0.29, 0.717) is 5.69 Å². The summed E-state index contributed by atoms with van der Waals surface area (Å²) in [5.74, 6) is 0.726. The summed E-state index contributed by atoms with van der Waals surface area (Å²) in [5, 5.41) is 7.31. The average molecular weight is 333 g/mol. The van der Waals surface area contributed by atoms with Crippen LogP contribution in [0.1, 0.15) is 23.3 Å². The van der Waals surface area contributed by atoms with E-state index in [1.165, 1.54) is 24.2 Å². The maximum absolute atomic E-state index is 12.6. The van der Waals surface area contributed by atoms with Gasteiger partial charge in [-0.3, -0.25) is 4.79 Å². The van der Waals surface area contributed by atoms with E-state index in [0.717, 1.165) is 29.3 Å². The third-order valence-electron chi connectivity index (χ3n) is 4.63. The van der Waals surface area contributed by atoms with Crippen molar-refractivity contribution in [3.63, 3.8) is 0 Å². The van der Waals surface area contributed by atoms with Gasteiger partial charge in [-0.1, -0.05) is 0 Å². The molecule has 2 saturated heterocycles. The lowest BCUT2D eigenvalue weighted by atomic mass is 9.97. The largest absolute Gasteiger partial charge is 0.347 e. The van der Waals surface area contributed by atoms with Crippen LogP contribution in [0.5, 0.6) is 0 Å². The van der Waals surface area contributed by atoms with E-state index in [2.05, 4.69) is 26.6 Å². The first kappa shape index (κ1) is 14.5. The molecule has 2 bridgehead atoms. The number of carbonyl (C=O) groups is 1. The van der Waals surface area contributed by atoms with Crippen LogP contribution < -0.4 is 5.32 Å². The number of nitrogens with one attached hydrogen (secondary N) is 1. The molecule has 22 heavy (non-hydrogen) atoms. The lowest BCUT2D eigenvalue weighted by Crippen LogP contribution is -2.47. The molecule has 0 aromatic carbocycles. The van der Waals surface area contributed by atoms with Crippen molar-refractivity contribution in [2.24, 2.45) is 5.92 Å². The number of nitrogens with zero attached hydrogens (tertiary/aromatic N) is 2. The SMILES string of the molecule is CSc1nc(C(=O)NC2CC3CCN(C3)C2)cc2ccsc12. The summed E-state index contributed by atoms with van der Waals surface area (Å²) in [5.41, 5.74) is 0.545. The Bertz CT molecular complexity index is 702. The van der Waals surface area contributed by atoms with E-state index in [4.69, 9.17) is 0 Å². The summed E-state index contributed by atoms with van der Waals surface area (Å²) in [4.78, 5) is 19.6.